The topological polar surface area (TPSA) is 85.6 Å². The lowest BCUT2D eigenvalue weighted by atomic mass is 10.2. The van der Waals surface area contributed by atoms with Gasteiger partial charge in [0.1, 0.15) is 35.2 Å². The summed E-state index contributed by atoms with van der Waals surface area (Å²) in [6, 6.07) is 0. The Bertz CT molecular complexity index is 633. The predicted molar refractivity (Wildman–Crippen MR) is 66.8 cm³/mol. The Labute approximate surface area is 113 Å². The third-order valence-corrected chi connectivity index (χ3v) is 4.18. The fraction of sp³-hybridized carbons (Fsp3) is 0.545. The first-order chi connectivity index (χ1) is 9.33. The lowest BCUT2D eigenvalue weighted by Gasteiger charge is -2.17. The van der Waals surface area contributed by atoms with E-state index in [0.717, 1.165) is 16.2 Å². The van der Waals surface area contributed by atoms with Gasteiger partial charge >= 0.3 is 0 Å². The van der Waals surface area contributed by atoms with Crippen LogP contribution in [-0.4, -0.2) is 55.8 Å². The molecule has 0 aliphatic carbocycles. The lowest BCUT2D eigenvalue weighted by Crippen LogP contribution is -2.22. The summed E-state index contributed by atoms with van der Waals surface area (Å²) in [4.78, 5) is 12.8. The van der Waals surface area contributed by atoms with E-state index in [9.17, 15) is 5.11 Å². The minimum Gasteiger partial charge on any atom is -0.394 e. The molecule has 0 saturated carbocycles. The highest BCUT2D eigenvalue weighted by molar-refractivity contribution is 7.98. The van der Waals surface area contributed by atoms with Crippen molar-refractivity contribution in [2.24, 2.45) is 0 Å². The number of ether oxygens (including phenoxy) is 2. The Morgan fingerprint density at radius 3 is 2.95 bits per heavy atom. The third kappa shape index (κ3) is 1.61. The summed E-state index contributed by atoms with van der Waals surface area (Å²) in [6.45, 7) is -0.0324. The molecular weight excluding hydrogens is 268 g/mol. The van der Waals surface area contributed by atoms with Gasteiger partial charge < -0.3 is 14.6 Å². The second-order valence-corrected chi connectivity index (χ2v) is 5.31. The van der Waals surface area contributed by atoms with Crippen LogP contribution in [0.5, 0.6) is 0 Å². The van der Waals surface area contributed by atoms with Gasteiger partial charge in [-0.1, -0.05) is 0 Å². The highest BCUT2D eigenvalue weighted by Gasteiger charge is 2.58. The van der Waals surface area contributed by atoms with Crippen LogP contribution < -0.4 is 0 Å². The van der Waals surface area contributed by atoms with Gasteiger partial charge in [0.05, 0.1) is 12.9 Å². The van der Waals surface area contributed by atoms with Crippen molar-refractivity contribution in [1.29, 1.82) is 0 Å². The molecule has 0 bridgehead atoms. The molecule has 4 atom stereocenters. The van der Waals surface area contributed by atoms with E-state index in [2.05, 4.69) is 15.0 Å². The van der Waals surface area contributed by atoms with Gasteiger partial charge in [-0.2, -0.15) is 0 Å². The first-order valence-electron chi connectivity index (χ1n) is 5.97. The van der Waals surface area contributed by atoms with Crippen LogP contribution in [0.15, 0.2) is 17.7 Å². The van der Waals surface area contributed by atoms with Crippen molar-refractivity contribution in [2.75, 3.05) is 12.9 Å². The molecule has 0 radical (unpaired) electrons. The van der Waals surface area contributed by atoms with Crippen molar-refractivity contribution >= 4 is 22.9 Å². The monoisotopic (exact) mass is 280 g/mol. The fourth-order valence-electron chi connectivity index (χ4n) is 2.54. The maximum absolute atomic E-state index is 9.22. The SMILES string of the molecule is CSc1ncnc2c1ncn2[C@@H]1O[C@H](CO)[C@H]2O[C@H]21. The van der Waals surface area contributed by atoms with Crippen LogP contribution in [0, 0.1) is 0 Å². The van der Waals surface area contributed by atoms with Crippen LogP contribution in [0.4, 0.5) is 0 Å². The summed E-state index contributed by atoms with van der Waals surface area (Å²) in [6.07, 6.45) is 4.63. The fourth-order valence-corrected chi connectivity index (χ4v) is 3.03. The van der Waals surface area contributed by atoms with Crippen molar-refractivity contribution in [2.45, 2.75) is 29.6 Å². The number of nitrogens with zero attached hydrogens (tertiary/aromatic N) is 4. The molecule has 2 aliphatic rings. The largest absolute Gasteiger partial charge is 0.394 e. The summed E-state index contributed by atoms with van der Waals surface area (Å²) < 4.78 is 13.2. The number of hydrogen-bond donors (Lipinski definition) is 1. The van der Waals surface area contributed by atoms with Crippen molar-refractivity contribution < 1.29 is 14.6 Å². The molecule has 0 spiro atoms. The summed E-state index contributed by atoms with van der Waals surface area (Å²) in [5.41, 5.74) is 1.50. The quantitative estimate of drug-likeness (QED) is 0.488. The van der Waals surface area contributed by atoms with E-state index in [-0.39, 0.29) is 31.1 Å². The molecule has 7 nitrogen and oxygen atoms in total. The molecule has 19 heavy (non-hydrogen) atoms. The average molecular weight is 280 g/mol. The highest BCUT2D eigenvalue weighted by Crippen LogP contribution is 2.45. The van der Waals surface area contributed by atoms with Gasteiger partial charge in [-0.25, -0.2) is 15.0 Å². The van der Waals surface area contributed by atoms with Gasteiger partial charge in [-0.05, 0) is 6.26 Å². The van der Waals surface area contributed by atoms with Gasteiger partial charge in [0.2, 0.25) is 0 Å². The maximum Gasteiger partial charge on any atom is 0.166 e. The Morgan fingerprint density at radius 2 is 2.21 bits per heavy atom. The van der Waals surface area contributed by atoms with E-state index in [1.165, 1.54) is 18.1 Å². The van der Waals surface area contributed by atoms with Gasteiger partial charge in [-0.3, -0.25) is 4.57 Å². The van der Waals surface area contributed by atoms with Crippen molar-refractivity contribution in [3.8, 4) is 0 Å². The van der Waals surface area contributed by atoms with Crippen LogP contribution >= 0.6 is 11.8 Å². The average Bonchev–Trinajstić information content (AvgIpc) is 2.97. The normalized spacial score (nSPS) is 32.7. The van der Waals surface area contributed by atoms with E-state index >= 15 is 0 Å². The van der Waals surface area contributed by atoms with E-state index in [1.54, 1.807) is 6.33 Å². The Hall–Kier alpha value is -1.22. The maximum atomic E-state index is 9.22. The van der Waals surface area contributed by atoms with Crippen LogP contribution in [0.25, 0.3) is 11.2 Å². The minimum absolute atomic E-state index is 0.00527. The zero-order chi connectivity index (χ0) is 13.0. The zero-order valence-electron chi connectivity index (χ0n) is 10.1. The van der Waals surface area contributed by atoms with Gasteiger partial charge in [0.25, 0.3) is 0 Å². The highest BCUT2D eigenvalue weighted by atomic mass is 32.2. The number of thioether (sulfide) groups is 1. The molecule has 4 rings (SSSR count). The standard InChI is InChI=1S/C11H12N4O3S/c1-19-10-6-9(12-3-13-10)15(4-14-6)11-8-7(18-8)5(2-16)17-11/h3-5,7-8,11,16H,2H2,1H3/t5-,7-,8-,11-/m1/s1. The molecule has 2 aromatic heterocycles. The molecule has 0 amide bonds. The molecule has 0 unspecified atom stereocenters. The molecule has 4 heterocycles. The van der Waals surface area contributed by atoms with Crippen LogP contribution in [0.2, 0.25) is 0 Å². The number of aliphatic hydroxyl groups is 1. The molecule has 100 valence electrons. The lowest BCUT2D eigenvalue weighted by molar-refractivity contribution is -0.0823. The third-order valence-electron chi connectivity index (χ3n) is 3.50. The Kier molecular flexibility index (Phi) is 2.52. The smallest absolute Gasteiger partial charge is 0.166 e. The van der Waals surface area contributed by atoms with Crippen molar-refractivity contribution in [3.05, 3.63) is 12.7 Å². The van der Waals surface area contributed by atoms with E-state index in [4.69, 9.17) is 9.47 Å². The molecule has 8 heteroatoms. The van der Waals surface area contributed by atoms with Gasteiger partial charge in [0.15, 0.2) is 11.9 Å². The molecule has 2 saturated heterocycles. The van der Waals surface area contributed by atoms with Gasteiger partial charge in [-0.15, -0.1) is 11.8 Å². The molecule has 2 aromatic rings. The number of fused-ring (bicyclic) bond motifs is 2. The van der Waals surface area contributed by atoms with Crippen LogP contribution in [-0.2, 0) is 9.47 Å². The number of hydrogen-bond acceptors (Lipinski definition) is 7. The summed E-state index contributed by atoms with van der Waals surface area (Å²) in [5.74, 6) is 0. The summed E-state index contributed by atoms with van der Waals surface area (Å²) >= 11 is 1.53. The Morgan fingerprint density at radius 1 is 1.32 bits per heavy atom. The number of rotatable bonds is 3. The number of imidazole rings is 1. The van der Waals surface area contributed by atoms with Crippen LogP contribution in [0.1, 0.15) is 6.23 Å². The summed E-state index contributed by atoms with van der Waals surface area (Å²) in [5, 5.41) is 10.1. The molecular formula is C11H12N4O3S. The second-order valence-electron chi connectivity index (χ2n) is 4.52. The van der Waals surface area contributed by atoms with Crippen LogP contribution in [0.3, 0.4) is 0 Å². The number of aliphatic hydroxyl groups excluding tert-OH is 1. The molecule has 2 aliphatic heterocycles. The minimum atomic E-state index is -0.267. The predicted octanol–water partition coefficient (Wildman–Crippen LogP) is 0.205. The number of epoxide rings is 1. The Balaban J connectivity index is 1.76. The second kappa shape index (κ2) is 4.14. The van der Waals surface area contributed by atoms with E-state index in [0.29, 0.717) is 0 Å². The zero-order valence-corrected chi connectivity index (χ0v) is 10.9. The van der Waals surface area contributed by atoms with E-state index in [1.807, 2.05) is 10.8 Å². The molecule has 2 fully saturated rings. The van der Waals surface area contributed by atoms with Crippen molar-refractivity contribution in [1.82, 2.24) is 19.5 Å². The molecule has 0 aromatic carbocycles. The van der Waals surface area contributed by atoms with E-state index < -0.39 is 0 Å². The van der Waals surface area contributed by atoms with Gasteiger partial charge in [0, 0.05) is 0 Å². The first-order valence-corrected chi connectivity index (χ1v) is 7.19. The first kappa shape index (κ1) is 11.6. The molecule has 1 N–H and O–H groups in total. The van der Waals surface area contributed by atoms with Crippen molar-refractivity contribution in [3.63, 3.8) is 0 Å². The summed E-state index contributed by atoms with van der Waals surface area (Å²) in [7, 11) is 0. The number of aromatic nitrogens is 4.